The number of anilines is 2. The summed E-state index contributed by atoms with van der Waals surface area (Å²) in [5, 5.41) is 17.3. The van der Waals surface area contributed by atoms with Gasteiger partial charge in [0.15, 0.2) is 0 Å². The number of benzene rings is 3. The van der Waals surface area contributed by atoms with E-state index < -0.39 is 0 Å². The highest BCUT2D eigenvalue weighted by Gasteiger charge is 1.81. The highest BCUT2D eigenvalue weighted by Crippen LogP contribution is 2.06. The van der Waals surface area contributed by atoms with Crippen LogP contribution in [-0.4, -0.2) is 10.2 Å². The maximum Gasteiger partial charge on any atom is 0.115 e. The largest absolute Gasteiger partial charge is 0.508 e. The molecule has 0 unspecified atom stereocenters. The standard InChI is InChI=1S/C6H8N2.2C6H6O.ClH/c7-5-2-1-3-6(8)4-5;2*7-6-4-2-1-3-5-6;/h1-4H,7-8H2;2*1-5,7H;1H. The van der Waals surface area contributed by atoms with Gasteiger partial charge in [-0.2, -0.15) is 0 Å². The molecule has 0 saturated carbocycles. The van der Waals surface area contributed by atoms with E-state index in [9.17, 15) is 0 Å². The molecule has 0 spiro atoms. The number of nitrogens with two attached hydrogens (primary N) is 2. The van der Waals surface area contributed by atoms with Crippen LogP contribution in [-0.2, 0) is 0 Å². The van der Waals surface area contributed by atoms with Crippen molar-refractivity contribution in [2.24, 2.45) is 0 Å². The first-order chi connectivity index (χ1) is 10.6. The van der Waals surface area contributed by atoms with E-state index in [1.54, 1.807) is 66.7 Å². The number of nitrogen functional groups attached to an aromatic ring is 2. The third kappa shape index (κ3) is 10.5. The third-order valence-corrected chi connectivity index (χ3v) is 2.42. The number of phenols is 2. The molecule has 0 fully saturated rings. The van der Waals surface area contributed by atoms with Gasteiger partial charge in [0.05, 0.1) is 0 Å². The molecule has 3 aromatic carbocycles. The molecule has 0 amide bonds. The maximum atomic E-state index is 8.63. The zero-order valence-corrected chi connectivity index (χ0v) is 13.4. The van der Waals surface area contributed by atoms with Gasteiger partial charge in [-0.05, 0) is 42.5 Å². The van der Waals surface area contributed by atoms with Crippen molar-refractivity contribution in [3.05, 3.63) is 84.9 Å². The second-order valence-electron chi connectivity index (χ2n) is 4.34. The van der Waals surface area contributed by atoms with Crippen LogP contribution >= 0.6 is 12.4 Å². The normalized spacial score (nSPS) is 8.35. The molecule has 0 bridgehead atoms. The van der Waals surface area contributed by atoms with Gasteiger partial charge in [0.2, 0.25) is 0 Å². The predicted molar refractivity (Wildman–Crippen MR) is 98.7 cm³/mol. The summed E-state index contributed by atoms with van der Waals surface area (Å²) in [4.78, 5) is 0. The Hall–Kier alpha value is -2.85. The lowest BCUT2D eigenvalue weighted by Crippen LogP contribution is -1.87. The Morgan fingerprint density at radius 1 is 0.522 bits per heavy atom. The molecule has 0 aliphatic heterocycles. The molecule has 0 heterocycles. The van der Waals surface area contributed by atoms with Crippen molar-refractivity contribution in [1.82, 2.24) is 0 Å². The van der Waals surface area contributed by atoms with Crippen molar-refractivity contribution in [2.45, 2.75) is 0 Å². The molecule has 0 aliphatic carbocycles. The summed E-state index contributed by atoms with van der Waals surface area (Å²) < 4.78 is 0. The molecule has 3 aromatic rings. The summed E-state index contributed by atoms with van der Waals surface area (Å²) in [7, 11) is 0. The zero-order chi connectivity index (χ0) is 16.2. The van der Waals surface area contributed by atoms with Crippen molar-refractivity contribution in [3.8, 4) is 11.5 Å². The second-order valence-corrected chi connectivity index (χ2v) is 4.34. The van der Waals surface area contributed by atoms with Crippen LogP contribution in [0.25, 0.3) is 0 Å². The molecule has 0 atom stereocenters. The number of hydrogen-bond donors (Lipinski definition) is 4. The fourth-order valence-electron chi connectivity index (χ4n) is 1.41. The van der Waals surface area contributed by atoms with Gasteiger partial charge in [-0.1, -0.05) is 42.5 Å². The van der Waals surface area contributed by atoms with E-state index in [-0.39, 0.29) is 12.4 Å². The average Bonchev–Trinajstić information content (AvgIpc) is 2.50. The molecular weight excluding hydrogens is 312 g/mol. The van der Waals surface area contributed by atoms with Crippen molar-refractivity contribution >= 4 is 23.8 Å². The van der Waals surface area contributed by atoms with Crippen LogP contribution in [0.15, 0.2) is 84.9 Å². The fourth-order valence-corrected chi connectivity index (χ4v) is 1.41. The first kappa shape index (κ1) is 20.2. The Balaban J connectivity index is 0.000000310. The van der Waals surface area contributed by atoms with Gasteiger partial charge in [0, 0.05) is 11.4 Å². The average molecular weight is 333 g/mol. The second kappa shape index (κ2) is 11.8. The Morgan fingerprint density at radius 3 is 1.04 bits per heavy atom. The van der Waals surface area contributed by atoms with Gasteiger partial charge in [0.1, 0.15) is 11.5 Å². The van der Waals surface area contributed by atoms with Gasteiger partial charge < -0.3 is 21.7 Å². The molecule has 0 radical (unpaired) electrons. The highest BCUT2D eigenvalue weighted by molar-refractivity contribution is 5.85. The molecule has 0 aliphatic rings. The number of para-hydroxylation sites is 2. The molecular formula is C18H21ClN2O2. The Kier molecular flexibility index (Phi) is 10.3. The van der Waals surface area contributed by atoms with E-state index in [1.807, 2.05) is 18.2 Å². The Bertz CT molecular complexity index is 595. The minimum absolute atomic E-state index is 0. The molecule has 122 valence electrons. The van der Waals surface area contributed by atoms with Gasteiger partial charge in [-0.25, -0.2) is 0 Å². The van der Waals surface area contributed by atoms with E-state index in [0.717, 1.165) is 0 Å². The van der Waals surface area contributed by atoms with Crippen LogP contribution in [0.4, 0.5) is 11.4 Å². The Labute approximate surface area is 142 Å². The summed E-state index contributed by atoms with van der Waals surface area (Å²) in [6.07, 6.45) is 0. The number of halogens is 1. The highest BCUT2D eigenvalue weighted by atomic mass is 35.5. The minimum atomic E-state index is 0. The fraction of sp³-hybridized carbons (Fsp3) is 0. The Morgan fingerprint density at radius 2 is 0.870 bits per heavy atom. The molecule has 3 rings (SSSR count). The number of phenolic OH excluding ortho intramolecular Hbond substituents is 2. The van der Waals surface area contributed by atoms with Gasteiger partial charge >= 0.3 is 0 Å². The van der Waals surface area contributed by atoms with Crippen molar-refractivity contribution < 1.29 is 10.2 Å². The summed E-state index contributed by atoms with van der Waals surface area (Å²) in [5.74, 6) is 0.644. The van der Waals surface area contributed by atoms with Crippen LogP contribution in [0, 0.1) is 0 Å². The van der Waals surface area contributed by atoms with Crippen molar-refractivity contribution in [3.63, 3.8) is 0 Å². The van der Waals surface area contributed by atoms with Gasteiger partial charge in [-0.15, -0.1) is 12.4 Å². The quantitative estimate of drug-likeness (QED) is 0.467. The molecule has 23 heavy (non-hydrogen) atoms. The third-order valence-electron chi connectivity index (χ3n) is 2.42. The molecule has 0 saturated heterocycles. The number of aromatic hydroxyl groups is 2. The van der Waals surface area contributed by atoms with Crippen LogP contribution in [0.1, 0.15) is 0 Å². The monoisotopic (exact) mass is 332 g/mol. The maximum absolute atomic E-state index is 8.63. The summed E-state index contributed by atoms with van der Waals surface area (Å²) in [6, 6.07) is 24.6. The zero-order valence-electron chi connectivity index (χ0n) is 12.5. The number of rotatable bonds is 0. The SMILES string of the molecule is Cl.Nc1cccc(N)c1.Oc1ccccc1.Oc1ccccc1. The van der Waals surface area contributed by atoms with Crippen molar-refractivity contribution in [1.29, 1.82) is 0 Å². The van der Waals surface area contributed by atoms with E-state index in [1.165, 1.54) is 0 Å². The number of hydrogen-bond acceptors (Lipinski definition) is 4. The van der Waals surface area contributed by atoms with Gasteiger partial charge in [0.25, 0.3) is 0 Å². The van der Waals surface area contributed by atoms with Crippen LogP contribution in [0.5, 0.6) is 11.5 Å². The van der Waals surface area contributed by atoms with E-state index in [0.29, 0.717) is 22.9 Å². The lowest BCUT2D eigenvalue weighted by atomic mass is 10.3. The van der Waals surface area contributed by atoms with Crippen LogP contribution in [0.3, 0.4) is 0 Å². The van der Waals surface area contributed by atoms with E-state index in [2.05, 4.69) is 0 Å². The smallest absolute Gasteiger partial charge is 0.115 e. The van der Waals surface area contributed by atoms with Crippen LogP contribution < -0.4 is 11.5 Å². The summed E-state index contributed by atoms with van der Waals surface area (Å²) >= 11 is 0. The van der Waals surface area contributed by atoms with Crippen LogP contribution in [0.2, 0.25) is 0 Å². The lowest BCUT2D eigenvalue weighted by molar-refractivity contribution is 0.475. The lowest BCUT2D eigenvalue weighted by Gasteiger charge is -1.91. The van der Waals surface area contributed by atoms with E-state index >= 15 is 0 Å². The molecule has 5 heteroatoms. The molecule has 6 N–H and O–H groups in total. The summed E-state index contributed by atoms with van der Waals surface area (Å²) in [6.45, 7) is 0. The predicted octanol–water partition coefficient (Wildman–Crippen LogP) is 4.06. The minimum Gasteiger partial charge on any atom is -0.508 e. The first-order valence-corrected chi connectivity index (χ1v) is 6.67. The molecule has 0 aromatic heterocycles. The molecule has 4 nitrogen and oxygen atoms in total. The summed E-state index contributed by atoms with van der Waals surface area (Å²) in [5.41, 5.74) is 12.2. The first-order valence-electron chi connectivity index (χ1n) is 6.67. The van der Waals surface area contributed by atoms with E-state index in [4.69, 9.17) is 21.7 Å². The van der Waals surface area contributed by atoms with Gasteiger partial charge in [-0.3, -0.25) is 0 Å². The van der Waals surface area contributed by atoms with Crippen molar-refractivity contribution in [2.75, 3.05) is 11.5 Å². The topological polar surface area (TPSA) is 92.5 Å².